The van der Waals surface area contributed by atoms with Gasteiger partial charge in [-0.3, -0.25) is 14.5 Å². The van der Waals surface area contributed by atoms with Gasteiger partial charge in [0.1, 0.15) is 6.54 Å². The van der Waals surface area contributed by atoms with Crippen LogP contribution in [0.5, 0.6) is 0 Å². The minimum absolute atomic E-state index is 0.270. The van der Waals surface area contributed by atoms with Crippen LogP contribution >= 0.6 is 0 Å². The summed E-state index contributed by atoms with van der Waals surface area (Å²) in [5, 5.41) is 8.51. The molecular weight excluding hydrogens is 308 g/mol. The molecule has 1 amide bonds. The molecule has 1 aromatic carbocycles. The quantitative estimate of drug-likeness (QED) is 0.873. The van der Waals surface area contributed by atoms with Gasteiger partial charge in [0.15, 0.2) is 0 Å². The normalized spacial score (nSPS) is 12.1. The lowest BCUT2D eigenvalue weighted by Crippen LogP contribution is -2.44. The third kappa shape index (κ3) is 4.36. The van der Waals surface area contributed by atoms with Crippen molar-refractivity contribution < 1.29 is 41.0 Å². The van der Waals surface area contributed by atoms with Crippen LogP contribution in [-0.2, 0) is 15.8 Å². The molecule has 0 aliphatic heterocycles. The number of halogens is 6. The highest BCUT2D eigenvalue weighted by Gasteiger charge is 2.44. The van der Waals surface area contributed by atoms with Crippen LogP contribution in [0.2, 0.25) is 0 Å². The Morgan fingerprint density at radius 1 is 1.10 bits per heavy atom. The molecule has 0 aliphatic rings. The van der Waals surface area contributed by atoms with Crippen molar-refractivity contribution in [3.05, 3.63) is 29.8 Å². The zero-order chi connectivity index (χ0) is 16.4. The zero-order valence-electron chi connectivity index (χ0n) is 10.00. The molecule has 1 N–H and O–H groups in total. The first-order valence-corrected chi connectivity index (χ1v) is 5.20. The van der Waals surface area contributed by atoms with Gasteiger partial charge in [0.2, 0.25) is 0 Å². The van der Waals surface area contributed by atoms with Crippen molar-refractivity contribution in [3.8, 4) is 0 Å². The Morgan fingerprint density at radius 3 is 2.10 bits per heavy atom. The number of carboxylic acid groups (broad SMARTS) is 1. The smallest absolute Gasteiger partial charge is 0.471 e. The molecule has 10 heteroatoms. The maximum atomic E-state index is 12.5. The molecule has 0 aliphatic carbocycles. The number of nitrogens with zero attached hydrogens (tertiary/aromatic N) is 1. The van der Waals surface area contributed by atoms with Gasteiger partial charge in [-0.25, -0.2) is 0 Å². The summed E-state index contributed by atoms with van der Waals surface area (Å²) in [6.45, 7) is -1.42. The largest absolute Gasteiger partial charge is 0.480 e. The minimum Gasteiger partial charge on any atom is -0.480 e. The van der Waals surface area contributed by atoms with Gasteiger partial charge in [0, 0.05) is 5.69 Å². The molecule has 0 aromatic heterocycles. The SMILES string of the molecule is O=C(O)CN(C(=O)C(F)(F)F)c1cccc(C(F)(F)F)c1. The van der Waals surface area contributed by atoms with E-state index in [2.05, 4.69) is 0 Å². The fraction of sp³-hybridized carbons (Fsp3) is 0.273. The van der Waals surface area contributed by atoms with E-state index in [4.69, 9.17) is 5.11 Å². The van der Waals surface area contributed by atoms with E-state index in [1.807, 2.05) is 0 Å². The number of hydrogen-bond donors (Lipinski definition) is 1. The van der Waals surface area contributed by atoms with Crippen molar-refractivity contribution in [3.63, 3.8) is 0 Å². The fourth-order valence-electron chi connectivity index (χ4n) is 1.42. The van der Waals surface area contributed by atoms with E-state index in [0.717, 1.165) is 12.1 Å². The zero-order valence-corrected chi connectivity index (χ0v) is 10.00. The van der Waals surface area contributed by atoms with Crippen LogP contribution in [0.1, 0.15) is 5.56 Å². The molecule has 0 saturated heterocycles. The maximum absolute atomic E-state index is 12.5. The molecule has 116 valence electrons. The number of anilines is 1. The summed E-state index contributed by atoms with van der Waals surface area (Å²) in [7, 11) is 0. The number of hydrogen-bond acceptors (Lipinski definition) is 2. The number of aliphatic carboxylic acids is 1. The maximum Gasteiger partial charge on any atom is 0.471 e. The molecule has 21 heavy (non-hydrogen) atoms. The summed E-state index contributed by atoms with van der Waals surface area (Å²) in [5.74, 6) is -4.37. The van der Waals surface area contributed by atoms with Crippen molar-refractivity contribution in [1.82, 2.24) is 0 Å². The second-order valence-electron chi connectivity index (χ2n) is 3.83. The summed E-state index contributed by atoms with van der Waals surface area (Å²) in [5.41, 5.74) is -2.11. The van der Waals surface area contributed by atoms with Crippen LogP contribution < -0.4 is 4.90 Å². The standard InChI is InChI=1S/C11H7F6NO3/c12-10(13,14)6-2-1-3-7(4-6)18(5-8(19)20)9(21)11(15,16)17/h1-4H,5H2,(H,19,20). The van der Waals surface area contributed by atoms with Crippen molar-refractivity contribution >= 4 is 17.6 Å². The van der Waals surface area contributed by atoms with Crippen molar-refractivity contribution in [2.24, 2.45) is 0 Å². The van der Waals surface area contributed by atoms with Crippen LogP contribution in [0.15, 0.2) is 24.3 Å². The Morgan fingerprint density at radius 2 is 1.67 bits per heavy atom. The van der Waals surface area contributed by atoms with Crippen LogP contribution in [-0.4, -0.2) is 29.7 Å². The van der Waals surface area contributed by atoms with Gasteiger partial charge in [-0.05, 0) is 18.2 Å². The number of benzene rings is 1. The predicted octanol–water partition coefficient (Wildman–Crippen LogP) is 2.69. The summed E-state index contributed by atoms with van der Waals surface area (Å²) in [6.07, 6.45) is -10.3. The molecule has 0 spiro atoms. The Kier molecular flexibility index (Phi) is 4.49. The molecule has 1 rings (SSSR count). The highest BCUT2D eigenvalue weighted by Crippen LogP contribution is 2.32. The van der Waals surface area contributed by atoms with Crippen LogP contribution in [0.25, 0.3) is 0 Å². The highest BCUT2D eigenvalue weighted by atomic mass is 19.4. The molecule has 0 bridgehead atoms. The third-order valence-electron chi connectivity index (χ3n) is 2.27. The number of carboxylic acids is 1. The number of amides is 1. The lowest BCUT2D eigenvalue weighted by Gasteiger charge is -2.22. The van der Waals surface area contributed by atoms with E-state index in [1.165, 1.54) is 0 Å². The summed E-state index contributed by atoms with van der Waals surface area (Å²) in [4.78, 5) is 21.4. The number of alkyl halides is 6. The van der Waals surface area contributed by atoms with E-state index < -0.39 is 42.0 Å². The lowest BCUT2D eigenvalue weighted by atomic mass is 10.1. The van der Waals surface area contributed by atoms with Gasteiger partial charge in [-0.1, -0.05) is 6.07 Å². The molecular formula is C11H7F6NO3. The van der Waals surface area contributed by atoms with Crippen molar-refractivity contribution in [2.75, 3.05) is 11.4 Å². The second kappa shape index (κ2) is 5.62. The fourth-order valence-corrected chi connectivity index (χ4v) is 1.42. The first kappa shape index (κ1) is 16.8. The van der Waals surface area contributed by atoms with Gasteiger partial charge >= 0.3 is 24.2 Å². The van der Waals surface area contributed by atoms with E-state index in [9.17, 15) is 35.9 Å². The molecule has 1 aromatic rings. The Balaban J connectivity index is 3.27. The average molecular weight is 315 g/mol. The molecule has 4 nitrogen and oxygen atoms in total. The topological polar surface area (TPSA) is 57.6 Å². The average Bonchev–Trinajstić information content (AvgIpc) is 2.33. The van der Waals surface area contributed by atoms with Crippen molar-refractivity contribution in [1.29, 1.82) is 0 Å². The molecule has 0 fully saturated rings. The monoisotopic (exact) mass is 315 g/mol. The number of carbonyl (C=O) groups is 2. The van der Waals surface area contributed by atoms with Gasteiger partial charge < -0.3 is 5.11 Å². The first-order chi connectivity index (χ1) is 9.43. The Labute approximate surface area is 113 Å². The van der Waals surface area contributed by atoms with E-state index in [-0.39, 0.29) is 11.0 Å². The third-order valence-corrected chi connectivity index (χ3v) is 2.27. The van der Waals surface area contributed by atoms with Gasteiger partial charge in [0.05, 0.1) is 5.56 Å². The minimum atomic E-state index is -5.41. The van der Waals surface area contributed by atoms with Gasteiger partial charge in [-0.15, -0.1) is 0 Å². The van der Waals surface area contributed by atoms with Gasteiger partial charge in [0.25, 0.3) is 0 Å². The molecule has 0 saturated carbocycles. The molecule has 0 atom stereocenters. The summed E-state index contributed by atoms with van der Waals surface area (Å²) < 4.78 is 74.6. The lowest BCUT2D eigenvalue weighted by molar-refractivity contribution is -0.171. The number of carbonyl (C=O) groups excluding carboxylic acids is 1. The van der Waals surface area contributed by atoms with E-state index in [1.54, 1.807) is 0 Å². The highest BCUT2D eigenvalue weighted by molar-refractivity contribution is 6.00. The number of rotatable bonds is 3. The first-order valence-electron chi connectivity index (χ1n) is 5.20. The Bertz CT molecular complexity index is 552. The molecule has 0 heterocycles. The predicted molar refractivity (Wildman–Crippen MR) is 57.5 cm³/mol. The van der Waals surface area contributed by atoms with Gasteiger partial charge in [-0.2, -0.15) is 26.3 Å². The van der Waals surface area contributed by atoms with Crippen LogP contribution in [0.3, 0.4) is 0 Å². The van der Waals surface area contributed by atoms with Crippen molar-refractivity contribution in [2.45, 2.75) is 12.4 Å². The van der Waals surface area contributed by atoms with Crippen LogP contribution in [0, 0.1) is 0 Å². The van der Waals surface area contributed by atoms with E-state index >= 15 is 0 Å². The second-order valence-corrected chi connectivity index (χ2v) is 3.83. The van der Waals surface area contributed by atoms with E-state index in [0.29, 0.717) is 6.07 Å². The summed E-state index contributed by atoms with van der Waals surface area (Å²) in [6, 6.07) is 2.41. The molecule has 0 radical (unpaired) electrons. The van der Waals surface area contributed by atoms with Crippen LogP contribution in [0.4, 0.5) is 32.0 Å². The molecule has 0 unspecified atom stereocenters. The summed E-state index contributed by atoms with van der Waals surface area (Å²) >= 11 is 0. The Hall–Kier alpha value is -2.26.